The molecule has 8 heteroatoms. The van der Waals surface area contributed by atoms with Gasteiger partial charge >= 0.3 is 0 Å². The Morgan fingerprint density at radius 3 is 3.10 bits per heavy atom. The van der Waals surface area contributed by atoms with Gasteiger partial charge in [0.15, 0.2) is 5.82 Å². The molecule has 0 spiro atoms. The maximum atomic E-state index is 5.78. The summed E-state index contributed by atoms with van der Waals surface area (Å²) in [7, 11) is 0. The van der Waals surface area contributed by atoms with Crippen LogP contribution < -0.4 is 0 Å². The molecule has 0 bridgehead atoms. The zero-order valence-electron chi connectivity index (χ0n) is 11.8. The Morgan fingerprint density at radius 1 is 1.33 bits per heavy atom. The highest BCUT2D eigenvalue weighted by molar-refractivity contribution is 5.03. The summed E-state index contributed by atoms with van der Waals surface area (Å²) in [5, 5.41) is 8.17. The first-order valence-electron chi connectivity index (χ1n) is 7.35. The predicted molar refractivity (Wildman–Crippen MR) is 71.3 cm³/mol. The van der Waals surface area contributed by atoms with Crippen LogP contribution in [0.3, 0.4) is 0 Å². The second-order valence-corrected chi connectivity index (χ2v) is 5.67. The van der Waals surface area contributed by atoms with Gasteiger partial charge in [0.2, 0.25) is 5.89 Å². The molecule has 2 aliphatic rings. The molecule has 0 aromatic carbocycles. The highest BCUT2D eigenvalue weighted by Gasteiger charge is 2.29. The Labute approximate surface area is 122 Å². The van der Waals surface area contributed by atoms with Gasteiger partial charge in [0.05, 0.1) is 25.8 Å². The largest absolute Gasteiger partial charge is 0.374 e. The maximum absolute atomic E-state index is 5.78. The summed E-state index contributed by atoms with van der Waals surface area (Å²) < 4.78 is 12.9. The van der Waals surface area contributed by atoms with E-state index in [-0.39, 0.29) is 6.10 Å². The minimum Gasteiger partial charge on any atom is -0.374 e. The summed E-state index contributed by atoms with van der Waals surface area (Å²) in [5.74, 6) is 2.11. The molecule has 4 rings (SSSR count). The molecule has 3 heterocycles. The van der Waals surface area contributed by atoms with Crippen LogP contribution in [0, 0.1) is 0 Å². The Morgan fingerprint density at radius 2 is 2.29 bits per heavy atom. The van der Waals surface area contributed by atoms with E-state index >= 15 is 0 Å². The lowest BCUT2D eigenvalue weighted by molar-refractivity contribution is -0.0426. The van der Waals surface area contributed by atoms with Gasteiger partial charge in [0.25, 0.3) is 0 Å². The molecule has 1 aliphatic heterocycles. The molecule has 112 valence electrons. The van der Waals surface area contributed by atoms with Gasteiger partial charge in [0.1, 0.15) is 12.7 Å². The second kappa shape index (κ2) is 5.53. The number of nitrogens with zero attached hydrogens (tertiary/aromatic N) is 6. The molecule has 0 amide bonds. The molecule has 2 aromatic heterocycles. The first-order chi connectivity index (χ1) is 10.4. The number of hydrogen-bond donors (Lipinski definition) is 0. The van der Waals surface area contributed by atoms with Crippen molar-refractivity contribution in [2.24, 2.45) is 0 Å². The van der Waals surface area contributed by atoms with E-state index in [0.29, 0.717) is 31.5 Å². The van der Waals surface area contributed by atoms with Crippen molar-refractivity contribution >= 4 is 0 Å². The molecule has 2 aromatic rings. The van der Waals surface area contributed by atoms with Gasteiger partial charge < -0.3 is 9.26 Å². The Hall–Kier alpha value is -1.80. The van der Waals surface area contributed by atoms with Gasteiger partial charge in [-0.05, 0) is 12.8 Å². The van der Waals surface area contributed by atoms with Crippen LogP contribution >= 0.6 is 0 Å². The third-order valence-corrected chi connectivity index (χ3v) is 3.87. The average Bonchev–Trinajstić information content (AvgIpc) is 3.02. The molecule has 8 nitrogen and oxygen atoms in total. The van der Waals surface area contributed by atoms with Crippen LogP contribution in [-0.2, 0) is 17.8 Å². The van der Waals surface area contributed by atoms with E-state index in [1.807, 2.05) is 0 Å². The molecular weight excluding hydrogens is 272 g/mol. The fourth-order valence-corrected chi connectivity index (χ4v) is 2.60. The summed E-state index contributed by atoms with van der Waals surface area (Å²) in [5.41, 5.74) is 0. The van der Waals surface area contributed by atoms with Crippen molar-refractivity contribution in [3.63, 3.8) is 0 Å². The molecule has 21 heavy (non-hydrogen) atoms. The van der Waals surface area contributed by atoms with Gasteiger partial charge in [0, 0.05) is 19.0 Å². The van der Waals surface area contributed by atoms with E-state index in [4.69, 9.17) is 9.26 Å². The highest BCUT2D eigenvalue weighted by Crippen LogP contribution is 2.38. The average molecular weight is 290 g/mol. The first-order valence-corrected chi connectivity index (χ1v) is 7.35. The van der Waals surface area contributed by atoms with Crippen LogP contribution in [-0.4, -0.2) is 55.6 Å². The summed E-state index contributed by atoms with van der Waals surface area (Å²) >= 11 is 0. The van der Waals surface area contributed by atoms with Gasteiger partial charge in [-0.2, -0.15) is 10.1 Å². The zero-order chi connectivity index (χ0) is 14.1. The molecule has 0 N–H and O–H groups in total. The van der Waals surface area contributed by atoms with Crippen molar-refractivity contribution in [3.05, 3.63) is 24.4 Å². The molecule has 1 atom stereocenters. The van der Waals surface area contributed by atoms with E-state index < -0.39 is 0 Å². The quantitative estimate of drug-likeness (QED) is 0.790. The lowest BCUT2D eigenvalue weighted by Crippen LogP contribution is -2.43. The van der Waals surface area contributed by atoms with Gasteiger partial charge in [-0.1, -0.05) is 5.16 Å². The minimum absolute atomic E-state index is 0.117. The number of morpholine rings is 1. The van der Waals surface area contributed by atoms with Crippen LogP contribution in [0.5, 0.6) is 0 Å². The molecule has 0 unspecified atom stereocenters. The van der Waals surface area contributed by atoms with Gasteiger partial charge in [-0.25, -0.2) is 4.98 Å². The van der Waals surface area contributed by atoms with E-state index in [9.17, 15) is 0 Å². The maximum Gasteiger partial charge on any atom is 0.240 e. The van der Waals surface area contributed by atoms with E-state index in [1.165, 1.54) is 12.8 Å². The molecule has 2 fully saturated rings. The SMILES string of the molecule is c1ncn(C[C@@H]2CN(Cc3nc(C4CC4)no3)CCO2)n1. The van der Waals surface area contributed by atoms with Crippen LogP contribution in [0.1, 0.15) is 30.5 Å². The fourth-order valence-electron chi connectivity index (χ4n) is 2.60. The smallest absolute Gasteiger partial charge is 0.240 e. The van der Waals surface area contributed by atoms with E-state index in [1.54, 1.807) is 17.3 Å². The van der Waals surface area contributed by atoms with Crippen LogP contribution in [0.2, 0.25) is 0 Å². The zero-order valence-corrected chi connectivity index (χ0v) is 11.8. The summed E-state index contributed by atoms with van der Waals surface area (Å²) in [6, 6.07) is 0. The number of hydrogen-bond acceptors (Lipinski definition) is 7. The van der Waals surface area contributed by atoms with Crippen molar-refractivity contribution in [2.75, 3.05) is 19.7 Å². The highest BCUT2D eigenvalue weighted by atomic mass is 16.5. The summed E-state index contributed by atoms with van der Waals surface area (Å²) in [6.07, 6.45) is 5.75. The first kappa shape index (κ1) is 12.9. The van der Waals surface area contributed by atoms with Crippen molar-refractivity contribution in [1.82, 2.24) is 29.8 Å². The predicted octanol–water partition coefficient (Wildman–Crippen LogP) is 0.439. The summed E-state index contributed by atoms with van der Waals surface area (Å²) in [4.78, 5) is 10.7. The molecule has 1 aliphatic carbocycles. The molecule has 1 saturated heterocycles. The van der Waals surface area contributed by atoms with E-state index in [0.717, 1.165) is 18.9 Å². The van der Waals surface area contributed by atoms with Crippen LogP contribution in [0.4, 0.5) is 0 Å². The Bertz CT molecular complexity index is 579. The Kier molecular flexibility index (Phi) is 3.40. The fraction of sp³-hybridized carbons (Fsp3) is 0.692. The third-order valence-electron chi connectivity index (χ3n) is 3.87. The van der Waals surface area contributed by atoms with Crippen LogP contribution in [0.25, 0.3) is 0 Å². The normalized spacial score (nSPS) is 23.5. The number of rotatable bonds is 5. The van der Waals surface area contributed by atoms with Crippen molar-refractivity contribution < 1.29 is 9.26 Å². The van der Waals surface area contributed by atoms with Crippen LogP contribution in [0.15, 0.2) is 17.2 Å². The molecule has 0 radical (unpaired) electrons. The number of ether oxygens (including phenoxy) is 1. The van der Waals surface area contributed by atoms with E-state index in [2.05, 4.69) is 25.1 Å². The molecular formula is C13H18N6O2. The second-order valence-electron chi connectivity index (χ2n) is 5.67. The monoisotopic (exact) mass is 290 g/mol. The van der Waals surface area contributed by atoms with Crippen molar-refractivity contribution in [2.45, 2.75) is 38.0 Å². The number of aromatic nitrogens is 5. The van der Waals surface area contributed by atoms with Gasteiger partial charge in [-0.15, -0.1) is 0 Å². The lowest BCUT2D eigenvalue weighted by atomic mass is 10.2. The van der Waals surface area contributed by atoms with Crippen molar-refractivity contribution in [1.29, 1.82) is 0 Å². The third kappa shape index (κ3) is 3.11. The Balaban J connectivity index is 1.33. The van der Waals surface area contributed by atoms with Crippen molar-refractivity contribution in [3.8, 4) is 0 Å². The molecule has 1 saturated carbocycles. The topological polar surface area (TPSA) is 82.1 Å². The lowest BCUT2D eigenvalue weighted by Gasteiger charge is -2.31. The summed E-state index contributed by atoms with van der Waals surface area (Å²) in [6.45, 7) is 3.84. The standard InChI is InChI=1S/C13H18N6O2/c1-2-10(1)13-16-12(21-17-13)7-18-3-4-20-11(5-18)6-19-9-14-8-15-19/h8-11H,1-7H2/t11-/m0/s1. The minimum atomic E-state index is 0.117. The van der Waals surface area contributed by atoms with Gasteiger partial charge in [-0.3, -0.25) is 9.58 Å².